The topological polar surface area (TPSA) is 63.8 Å². The van der Waals surface area contributed by atoms with Crippen molar-refractivity contribution in [3.8, 4) is 0 Å². The highest BCUT2D eigenvalue weighted by Gasteiger charge is 2.08. The Morgan fingerprint density at radius 2 is 2.14 bits per heavy atom. The van der Waals surface area contributed by atoms with Gasteiger partial charge in [-0.05, 0) is 31.5 Å². The molecule has 1 aromatic carbocycles. The molecule has 3 rings (SSSR count). The Hall–Kier alpha value is -1.86. The summed E-state index contributed by atoms with van der Waals surface area (Å²) in [7, 11) is 0. The van der Waals surface area contributed by atoms with Crippen LogP contribution < -0.4 is 5.32 Å². The Morgan fingerprint density at radius 3 is 2.90 bits per heavy atom. The van der Waals surface area contributed by atoms with Crippen LogP contribution in [-0.2, 0) is 5.75 Å². The number of nitrogens with one attached hydrogen (secondary N) is 1. The zero-order valence-electron chi connectivity index (χ0n) is 11.7. The number of hydrogen-bond donors (Lipinski definition) is 1. The van der Waals surface area contributed by atoms with Gasteiger partial charge in [0.15, 0.2) is 4.34 Å². The van der Waals surface area contributed by atoms with Gasteiger partial charge < -0.3 is 9.84 Å². The molecule has 0 spiro atoms. The third-order valence-corrected chi connectivity index (χ3v) is 4.68. The van der Waals surface area contributed by atoms with Crippen LogP contribution in [0.4, 0.5) is 10.8 Å². The number of hydrogen-bond acceptors (Lipinski definition) is 7. The van der Waals surface area contributed by atoms with E-state index in [9.17, 15) is 0 Å². The van der Waals surface area contributed by atoms with E-state index in [-0.39, 0.29) is 0 Å². The summed E-state index contributed by atoms with van der Waals surface area (Å²) in [4.78, 5) is 0. The first-order chi connectivity index (χ1) is 10.2. The molecule has 0 bridgehead atoms. The van der Waals surface area contributed by atoms with E-state index < -0.39 is 0 Å². The van der Waals surface area contributed by atoms with Gasteiger partial charge in [0.1, 0.15) is 5.76 Å². The van der Waals surface area contributed by atoms with E-state index in [1.165, 1.54) is 16.9 Å². The van der Waals surface area contributed by atoms with Gasteiger partial charge in [0.25, 0.3) is 0 Å². The first-order valence-corrected chi connectivity index (χ1v) is 8.21. The lowest BCUT2D eigenvalue weighted by Crippen LogP contribution is -1.89. The van der Waals surface area contributed by atoms with Crippen LogP contribution in [0.25, 0.3) is 0 Å². The van der Waals surface area contributed by atoms with Gasteiger partial charge in [-0.3, -0.25) is 0 Å². The zero-order valence-corrected chi connectivity index (χ0v) is 13.3. The Bertz CT molecular complexity index is 738. The lowest BCUT2D eigenvalue weighted by atomic mass is 10.2. The summed E-state index contributed by atoms with van der Waals surface area (Å²) in [6.45, 7) is 3.97. The zero-order chi connectivity index (χ0) is 14.7. The lowest BCUT2D eigenvalue weighted by molar-refractivity contribution is 0.391. The minimum atomic E-state index is 0.708. The molecule has 0 aliphatic rings. The number of nitrogens with zero attached hydrogens (tertiary/aromatic N) is 3. The molecule has 0 radical (unpaired) electrons. The summed E-state index contributed by atoms with van der Waals surface area (Å²) in [5.41, 5.74) is 3.12. The molecule has 0 aliphatic heterocycles. The standard InChI is InChI=1S/C14H14N4OS2/c1-9-4-3-5-11(6-9)15-13-16-17-14(21-13)20-8-12-7-10(2)18-19-12/h3-7H,8H2,1-2H3,(H,15,16). The van der Waals surface area contributed by atoms with Gasteiger partial charge in [0, 0.05) is 11.8 Å². The summed E-state index contributed by atoms with van der Waals surface area (Å²) in [5.74, 6) is 1.56. The number of thioether (sulfide) groups is 1. The van der Waals surface area contributed by atoms with Gasteiger partial charge >= 0.3 is 0 Å². The molecule has 108 valence electrons. The van der Waals surface area contributed by atoms with Crippen LogP contribution in [0.5, 0.6) is 0 Å². The molecule has 0 fully saturated rings. The molecule has 0 atom stereocenters. The molecule has 2 heterocycles. The van der Waals surface area contributed by atoms with Crippen molar-refractivity contribution in [1.82, 2.24) is 15.4 Å². The van der Waals surface area contributed by atoms with Crippen LogP contribution in [-0.4, -0.2) is 15.4 Å². The number of rotatable bonds is 5. The molecular formula is C14H14N4OS2. The number of anilines is 2. The molecule has 2 aromatic heterocycles. The van der Waals surface area contributed by atoms with E-state index in [0.29, 0.717) is 5.75 Å². The Labute approximate surface area is 130 Å². The van der Waals surface area contributed by atoms with Gasteiger partial charge in [-0.1, -0.05) is 40.4 Å². The molecule has 0 saturated heterocycles. The highest BCUT2D eigenvalue weighted by atomic mass is 32.2. The van der Waals surface area contributed by atoms with Crippen LogP contribution in [0.1, 0.15) is 17.0 Å². The van der Waals surface area contributed by atoms with E-state index in [1.807, 2.05) is 25.1 Å². The maximum Gasteiger partial charge on any atom is 0.210 e. The first-order valence-electron chi connectivity index (χ1n) is 6.41. The second-order valence-electron chi connectivity index (χ2n) is 4.59. The largest absolute Gasteiger partial charge is 0.360 e. The van der Waals surface area contributed by atoms with Crippen LogP contribution in [0.2, 0.25) is 0 Å². The van der Waals surface area contributed by atoms with Crippen LogP contribution >= 0.6 is 23.1 Å². The molecule has 0 unspecified atom stereocenters. The van der Waals surface area contributed by atoms with E-state index >= 15 is 0 Å². The quantitative estimate of drug-likeness (QED) is 0.712. The van der Waals surface area contributed by atoms with Crippen molar-refractivity contribution in [3.05, 3.63) is 47.3 Å². The first kappa shape index (κ1) is 14.1. The molecule has 1 N–H and O–H groups in total. The van der Waals surface area contributed by atoms with Crippen LogP contribution in [0.3, 0.4) is 0 Å². The fraction of sp³-hybridized carbons (Fsp3) is 0.214. The average molecular weight is 318 g/mol. The number of aromatic nitrogens is 3. The van der Waals surface area contributed by atoms with E-state index in [0.717, 1.165) is 26.6 Å². The summed E-state index contributed by atoms with van der Waals surface area (Å²) in [6, 6.07) is 10.1. The third kappa shape index (κ3) is 3.83. The highest BCUT2D eigenvalue weighted by Crippen LogP contribution is 2.30. The maximum atomic E-state index is 5.17. The van der Waals surface area contributed by atoms with Crippen molar-refractivity contribution < 1.29 is 4.52 Å². The monoisotopic (exact) mass is 318 g/mol. The predicted molar refractivity (Wildman–Crippen MR) is 85.2 cm³/mol. The fourth-order valence-corrected chi connectivity index (χ4v) is 3.43. The van der Waals surface area contributed by atoms with Crippen molar-refractivity contribution in [2.24, 2.45) is 0 Å². The van der Waals surface area contributed by atoms with Gasteiger partial charge in [0.05, 0.1) is 11.4 Å². The van der Waals surface area contributed by atoms with Crippen LogP contribution in [0.15, 0.2) is 39.2 Å². The average Bonchev–Trinajstić information content (AvgIpc) is 3.06. The second-order valence-corrected chi connectivity index (χ2v) is 6.79. The fourth-order valence-electron chi connectivity index (χ4n) is 1.78. The van der Waals surface area contributed by atoms with Gasteiger partial charge in [0.2, 0.25) is 5.13 Å². The van der Waals surface area contributed by atoms with Crippen molar-refractivity contribution in [2.75, 3.05) is 5.32 Å². The van der Waals surface area contributed by atoms with Gasteiger partial charge in [-0.25, -0.2) is 0 Å². The lowest BCUT2D eigenvalue weighted by Gasteiger charge is -2.01. The second kappa shape index (κ2) is 6.28. The minimum absolute atomic E-state index is 0.708. The van der Waals surface area contributed by atoms with Crippen molar-refractivity contribution in [2.45, 2.75) is 23.9 Å². The Kier molecular flexibility index (Phi) is 4.21. The molecule has 7 heteroatoms. The van der Waals surface area contributed by atoms with Crippen molar-refractivity contribution in [1.29, 1.82) is 0 Å². The maximum absolute atomic E-state index is 5.17. The molecule has 5 nitrogen and oxygen atoms in total. The molecule has 0 amide bonds. The van der Waals surface area contributed by atoms with Gasteiger partial charge in [-0.2, -0.15) is 0 Å². The smallest absolute Gasteiger partial charge is 0.210 e. The Balaban J connectivity index is 1.61. The summed E-state index contributed by atoms with van der Waals surface area (Å²) >= 11 is 3.12. The summed E-state index contributed by atoms with van der Waals surface area (Å²) in [6.07, 6.45) is 0. The highest BCUT2D eigenvalue weighted by molar-refractivity contribution is 8.00. The minimum Gasteiger partial charge on any atom is -0.360 e. The van der Waals surface area contributed by atoms with Crippen molar-refractivity contribution >= 4 is 33.9 Å². The summed E-state index contributed by atoms with van der Waals surface area (Å²) < 4.78 is 6.07. The number of aryl methyl sites for hydroxylation is 2. The molecule has 0 saturated carbocycles. The molecule has 0 aliphatic carbocycles. The van der Waals surface area contributed by atoms with Gasteiger partial charge in [-0.15, -0.1) is 10.2 Å². The normalized spacial score (nSPS) is 10.8. The predicted octanol–water partition coefficient (Wildman–Crippen LogP) is 4.18. The van der Waals surface area contributed by atoms with E-state index in [1.54, 1.807) is 11.8 Å². The molecule has 21 heavy (non-hydrogen) atoms. The van der Waals surface area contributed by atoms with E-state index in [2.05, 4.69) is 39.7 Å². The molecular weight excluding hydrogens is 304 g/mol. The van der Waals surface area contributed by atoms with E-state index in [4.69, 9.17) is 4.52 Å². The third-order valence-electron chi connectivity index (χ3n) is 2.69. The Morgan fingerprint density at radius 1 is 1.24 bits per heavy atom. The summed E-state index contributed by atoms with van der Waals surface area (Å²) in [5, 5.41) is 16.2. The SMILES string of the molecule is Cc1cccc(Nc2nnc(SCc3cc(C)no3)s2)c1. The van der Waals surface area contributed by atoms with Crippen LogP contribution in [0, 0.1) is 13.8 Å². The number of benzene rings is 1. The molecule has 3 aromatic rings. The van der Waals surface area contributed by atoms with Crippen molar-refractivity contribution in [3.63, 3.8) is 0 Å².